The summed E-state index contributed by atoms with van der Waals surface area (Å²) in [6, 6.07) is 0. The molecule has 0 aromatic carbocycles. The maximum atomic E-state index is 10.7. The smallest absolute Gasteiger partial charge is 0.270 e. The zero-order valence-electron chi connectivity index (χ0n) is 7.40. The van der Waals surface area contributed by atoms with E-state index in [1.807, 2.05) is 0 Å². The van der Waals surface area contributed by atoms with Gasteiger partial charge in [0.25, 0.3) is 10.1 Å². The Hall–Kier alpha value is -0.130. The predicted molar refractivity (Wildman–Crippen MR) is 46.5 cm³/mol. The average Bonchev–Trinajstić information content (AvgIpc) is 1.96. The molecule has 0 aliphatic heterocycles. The zero-order valence-corrected chi connectivity index (χ0v) is 8.21. The molecular formula is C7H16O4S. The van der Waals surface area contributed by atoms with Crippen molar-refractivity contribution in [3.8, 4) is 0 Å². The number of hydrogen-bond donors (Lipinski definition) is 2. The molecule has 0 aliphatic rings. The van der Waals surface area contributed by atoms with Gasteiger partial charge in [-0.3, -0.25) is 4.55 Å². The molecule has 0 aliphatic carbocycles. The topological polar surface area (TPSA) is 74.6 Å². The second kappa shape index (κ2) is 4.79. The van der Waals surface area contributed by atoms with Crippen LogP contribution in [0.25, 0.3) is 0 Å². The SMILES string of the molecule is CCCC(C(O)CC)S(=O)(=O)O. The number of hydrogen-bond acceptors (Lipinski definition) is 3. The summed E-state index contributed by atoms with van der Waals surface area (Å²) in [4.78, 5) is 0. The Morgan fingerprint density at radius 1 is 1.33 bits per heavy atom. The van der Waals surface area contributed by atoms with Gasteiger partial charge in [0.2, 0.25) is 0 Å². The second-order valence-corrected chi connectivity index (χ2v) is 4.45. The molecule has 4 nitrogen and oxygen atoms in total. The van der Waals surface area contributed by atoms with E-state index >= 15 is 0 Å². The van der Waals surface area contributed by atoms with Gasteiger partial charge in [0, 0.05) is 0 Å². The van der Waals surface area contributed by atoms with Gasteiger partial charge >= 0.3 is 0 Å². The molecule has 0 spiro atoms. The van der Waals surface area contributed by atoms with E-state index in [-0.39, 0.29) is 0 Å². The summed E-state index contributed by atoms with van der Waals surface area (Å²) in [5.41, 5.74) is 0. The third-order valence-electron chi connectivity index (χ3n) is 1.80. The fourth-order valence-corrected chi connectivity index (χ4v) is 2.21. The van der Waals surface area contributed by atoms with E-state index in [1.54, 1.807) is 13.8 Å². The fourth-order valence-electron chi connectivity index (χ4n) is 1.09. The lowest BCUT2D eigenvalue weighted by Gasteiger charge is -2.17. The summed E-state index contributed by atoms with van der Waals surface area (Å²) < 4.78 is 30.2. The van der Waals surface area contributed by atoms with Crippen LogP contribution in [0.3, 0.4) is 0 Å². The molecule has 12 heavy (non-hydrogen) atoms. The number of rotatable bonds is 5. The van der Waals surface area contributed by atoms with E-state index < -0.39 is 21.5 Å². The van der Waals surface area contributed by atoms with Crippen LogP contribution in [0.5, 0.6) is 0 Å². The quantitative estimate of drug-likeness (QED) is 0.638. The minimum Gasteiger partial charge on any atom is -0.392 e. The van der Waals surface area contributed by atoms with Gasteiger partial charge in [-0.15, -0.1) is 0 Å². The van der Waals surface area contributed by atoms with Gasteiger partial charge in [-0.05, 0) is 12.8 Å². The van der Waals surface area contributed by atoms with Gasteiger partial charge in [0.1, 0.15) is 5.25 Å². The normalized spacial score (nSPS) is 17.3. The summed E-state index contributed by atoms with van der Waals surface area (Å²) in [6.07, 6.45) is 0.305. The lowest BCUT2D eigenvalue weighted by Crippen LogP contribution is -2.33. The van der Waals surface area contributed by atoms with Crippen LogP contribution in [-0.4, -0.2) is 29.4 Å². The van der Waals surface area contributed by atoms with Crippen LogP contribution in [0, 0.1) is 0 Å². The van der Waals surface area contributed by atoms with Crippen LogP contribution in [0.15, 0.2) is 0 Å². The van der Waals surface area contributed by atoms with Crippen LogP contribution in [0.2, 0.25) is 0 Å². The first-order chi connectivity index (χ1) is 5.43. The third-order valence-corrected chi connectivity index (χ3v) is 3.12. The minimum absolute atomic E-state index is 0.299. The summed E-state index contributed by atoms with van der Waals surface area (Å²) in [5.74, 6) is 0. The molecule has 0 aromatic rings. The second-order valence-electron chi connectivity index (χ2n) is 2.82. The Balaban J connectivity index is 4.44. The van der Waals surface area contributed by atoms with Gasteiger partial charge in [0.15, 0.2) is 0 Å². The predicted octanol–water partition coefficient (Wildman–Crippen LogP) is 0.814. The van der Waals surface area contributed by atoms with E-state index in [1.165, 1.54) is 0 Å². The van der Waals surface area contributed by atoms with Crippen LogP contribution >= 0.6 is 0 Å². The van der Waals surface area contributed by atoms with Crippen molar-refractivity contribution >= 4 is 10.1 Å². The molecular weight excluding hydrogens is 180 g/mol. The molecule has 0 radical (unpaired) electrons. The first kappa shape index (κ1) is 11.9. The molecule has 74 valence electrons. The van der Waals surface area contributed by atoms with Gasteiger partial charge in [0.05, 0.1) is 6.10 Å². The molecule has 0 rings (SSSR count). The standard InChI is InChI=1S/C7H16O4S/c1-3-5-7(6(8)4-2)12(9,10)11/h6-8H,3-5H2,1-2H3,(H,9,10,11). The van der Waals surface area contributed by atoms with Crippen molar-refractivity contribution in [1.29, 1.82) is 0 Å². The van der Waals surface area contributed by atoms with Crippen molar-refractivity contribution in [1.82, 2.24) is 0 Å². The van der Waals surface area contributed by atoms with Crippen molar-refractivity contribution in [2.24, 2.45) is 0 Å². The van der Waals surface area contributed by atoms with Crippen LogP contribution < -0.4 is 0 Å². The molecule has 0 bridgehead atoms. The molecule has 0 heterocycles. The summed E-state index contributed by atoms with van der Waals surface area (Å²) in [6.45, 7) is 3.49. The average molecular weight is 196 g/mol. The van der Waals surface area contributed by atoms with Gasteiger partial charge in [-0.25, -0.2) is 0 Å². The zero-order chi connectivity index (χ0) is 9.78. The molecule has 0 saturated carbocycles. The summed E-state index contributed by atoms with van der Waals surface area (Å²) >= 11 is 0. The fraction of sp³-hybridized carbons (Fsp3) is 1.00. The van der Waals surface area contributed by atoms with Gasteiger partial charge < -0.3 is 5.11 Å². The highest BCUT2D eigenvalue weighted by Crippen LogP contribution is 2.13. The minimum atomic E-state index is -4.09. The Morgan fingerprint density at radius 2 is 1.83 bits per heavy atom. The summed E-state index contributed by atoms with van der Waals surface area (Å²) in [5, 5.41) is 8.22. The summed E-state index contributed by atoms with van der Waals surface area (Å²) in [7, 11) is -4.09. The molecule has 0 amide bonds. The van der Waals surface area contributed by atoms with Gasteiger partial charge in [-0.1, -0.05) is 20.3 Å². The largest absolute Gasteiger partial charge is 0.392 e. The molecule has 0 fully saturated rings. The van der Waals surface area contributed by atoms with E-state index in [4.69, 9.17) is 4.55 Å². The van der Waals surface area contributed by atoms with Crippen molar-refractivity contribution in [3.63, 3.8) is 0 Å². The van der Waals surface area contributed by atoms with E-state index in [9.17, 15) is 13.5 Å². The van der Waals surface area contributed by atoms with E-state index in [2.05, 4.69) is 0 Å². The van der Waals surface area contributed by atoms with Gasteiger partial charge in [-0.2, -0.15) is 8.42 Å². The molecule has 2 N–H and O–H groups in total. The monoisotopic (exact) mass is 196 g/mol. The lowest BCUT2D eigenvalue weighted by atomic mass is 10.1. The lowest BCUT2D eigenvalue weighted by molar-refractivity contribution is 0.156. The Bertz CT molecular complexity index is 209. The highest BCUT2D eigenvalue weighted by molar-refractivity contribution is 7.86. The Morgan fingerprint density at radius 3 is 2.08 bits per heavy atom. The highest BCUT2D eigenvalue weighted by atomic mass is 32.2. The third kappa shape index (κ3) is 3.51. The molecule has 2 unspecified atom stereocenters. The van der Waals surface area contributed by atoms with Crippen LogP contribution in [-0.2, 0) is 10.1 Å². The van der Waals surface area contributed by atoms with Crippen LogP contribution in [0.1, 0.15) is 33.1 Å². The number of aliphatic hydroxyl groups is 1. The Labute approximate surface area is 73.4 Å². The maximum absolute atomic E-state index is 10.7. The molecule has 5 heteroatoms. The van der Waals surface area contributed by atoms with Crippen molar-refractivity contribution < 1.29 is 18.1 Å². The van der Waals surface area contributed by atoms with E-state index in [0.717, 1.165) is 0 Å². The van der Waals surface area contributed by atoms with Crippen molar-refractivity contribution in [2.75, 3.05) is 0 Å². The van der Waals surface area contributed by atoms with Crippen molar-refractivity contribution in [3.05, 3.63) is 0 Å². The van der Waals surface area contributed by atoms with E-state index in [0.29, 0.717) is 19.3 Å². The highest BCUT2D eigenvalue weighted by Gasteiger charge is 2.28. The first-order valence-corrected chi connectivity index (χ1v) is 5.58. The molecule has 2 atom stereocenters. The molecule has 0 aromatic heterocycles. The van der Waals surface area contributed by atoms with Crippen LogP contribution in [0.4, 0.5) is 0 Å². The molecule has 0 saturated heterocycles. The maximum Gasteiger partial charge on any atom is 0.270 e. The number of aliphatic hydroxyl groups excluding tert-OH is 1. The Kier molecular flexibility index (Phi) is 4.74. The van der Waals surface area contributed by atoms with Crippen molar-refractivity contribution in [2.45, 2.75) is 44.5 Å². The first-order valence-electron chi connectivity index (χ1n) is 4.07.